The second-order valence-corrected chi connectivity index (χ2v) is 4.58. The topological polar surface area (TPSA) is 62.1 Å². The molecule has 0 atom stereocenters. The molecule has 0 fully saturated rings. The van der Waals surface area contributed by atoms with Crippen molar-refractivity contribution in [3.63, 3.8) is 0 Å². The summed E-state index contributed by atoms with van der Waals surface area (Å²) in [5.74, 6) is -0.835. The van der Waals surface area contributed by atoms with Gasteiger partial charge in [0.15, 0.2) is 0 Å². The molecule has 1 N–H and O–H groups in total. The van der Waals surface area contributed by atoms with Crippen LogP contribution in [-0.2, 0) is 9.63 Å². The maximum absolute atomic E-state index is 10.9. The number of carboxylic acids is 1. The summed E-state index contributed by atoms with van der Waals surface area (Å²) in [6.45, 7) is 2.47. The van der Waals surface area contributed by atoms with Crippen LogP contribution in [0.2, 0.25) is 0 Å². The van der Waals surface area contributed by atoms with Crippen molar-refractivity contribution in [1.29, 1.82) is 0 Å². The van der Waals surface area contributed by atoms with Crippen LogP contribution in [0.1, 0.15) is 12.0 Å². The molecule has 114 valence electrons. The lowest BCUT2D eigenvalue weighted by molar-refractivity contribution is -0.133. The van der Waals surface area contributed by atoms with Gasteiger partial charge < -0.3 is 9.94 Å². The quantitative estimate of drug-likeness (QED) is 0.497. The van der Waals surface area contributed by atoms with Gasteiger partial charge in [0, 0.05) is 25.2 Å². The van der Waals surface area contributed by atoms with Gasteiger partial charge >= 0.3 is 5.97 Å². The minimum Gasteiger partial charge on any atom is -0.478 e. The Bertz CT molecular complexity index is 503. The van der Waals surface area contributed by atoms with Crippen molar-refractivity contribution in [2.24, 2.45) is 5.16 Å². The van der Waals surface area contributed by atoms with Gasteiger partial charge in [-0.05, 0) is 12.0 Å². The van der Waals surface area contributed by atoms with Gasteiger partial charge in [-0.1, -0.05) is 41.6 Å². The maximum atomic E-state index is 10.9. The molecule has 2 rings (SSSR count). The van der Waals surface area contributed by atoms with Crippen LogP contribution in [0.5, 0.6) is 0 Å². The molecule has 0 unspecified atom stereocenters. The van der Waals surface area contributed by atoms with Crippen molar-refractivity contribution >= 4 is 24.6 Å². The number of hydrogen-bond donors (Lipinski definition) is 1. The third kappa shape index (κ3) is 5.97. The third-order valence-electron chi connectivity index (χ3n) is 3.08. The van der Waals surface area contributed by atoms with Crippen LogP contribution in [0.4, 0.5) is 0 Å². The zero-order valence-corrected chi connectivity index (χ0v) is 12.5. The highest BCUT2D eigenvalue weighted by atomic mass is 35.5. The lowest BCUT2D eigenvalue weighted by atomic mass is 10.1. The first kappa shape index (κ1) is 17.2. The lowest BCUT2D eigenvalue weighted by Gasteiger charge is -2.24. The van der Waals surface area contributed by atoms with Gasteiger partial charge in [-0.2, -0.15) is 0 Å². The van der Waals surface area contributed by atoms with Crippen LogP contribution in [0.3, 0.4) is 0 Å². The van der Waals surface area contributed by atoms with E-state index in [0.29, 0.717) is 25.3 Å². The zero-order chi connectivity index (χ0) is 14.2. The van der Waals surface area contributed by atoms with Gasteiger partial charge in [0.2, 0.25) is 0 Å². The average molecular weight is 311 g/mol. The first-order valence-corrected chi connectivity index (χ1v) is 6.61. The Morgan fingerprint density at radius 1 is 1.38 bits per heavy atom. The minimum absolute atomic E-state index is 0. The van der Waals surface area contributed by atoms with Gasteiger partial charge in [0.25, 0.3) is 0 Å². The van der Waals surface area contributed by atoms with E-state index < -0.39 is 5.97 Å². The summed E-state index contributed by atoms with van der Waals surface area (Å²) in [5.41, 5.74) is 1.45. The first-order valence-electron chi connectivity index (χ1n) is 6.61. The Labute approximate surface area is 130 Å². The molecule has 0 aromatic heterocycles. The van der Waals surface area contributed by atoms with Gasteiger partial charge in [-0.25, -0.2) is 4.79 Å². The van der Waals surface area contributed by atoms with Crippen molar-refractivity contribution in [1.82, 2.24) is 4.90 Å². The number of rotatable bonds is 6. The van der Waals surface area contributed by atoms with Crippen molar-refractivity contribution in [3.05, 3.63) is 47.5 Å². The van der Waals surface area contributed by atoms with Crippen LogP contribution in [-0.4, -0.2) is 48.4 Å². The molecule has 0 saturated heterocycles. The Morgan fingerprint density at radius 3 is 2.86 bits per heavy atom. The van der Waals surface area contributed by atoms with E-state index in [1.807, 2.05) is 30.3 Å². The summed E-state index contributed by atoms with van der Waals surface area (Å²) in [7, 11) is 0. The number of oxime groups is 1. The Kier molecular flexibility index (Phi) is 7.50. The fraction of sp³-hybridized carbons (Fsp3) is 0.333. The molecule has 0 aliphatic carbocycles. The SMILES string of the molecule is Cl.O=C(O)C1=CCCN(CCO/N=C/c2ccccc2)C1. The molecule has 1 aliphatic rings. The number of aliphatic carboxylic acids is 1. The van der Waals surface area contributed by atoms with Crippen LogP contribution in [0.15, 0.2) is 47.1 Å². The van der Waals surface area contributed by atoms with E-state index in [1.165, 1.54) is 0 Å². The van der Waals surface area contributed by atoms with Gasteiger partial charge in [0.05, 0.1) is 6.21 Å². The zero-order valence-electron chi connectivity index (χ0n) is 11.6. The third-order valence-corrected chi connectivity index (χ3v) is 3.08. The smallest absolute Gasteiger partial charge is 0.332 e. The second-order valence-electron chi connectivity index (χ2n) is 4.58. The highest BCUT2D eigenvalue weighted by Crippen LogP contribution is 2.09. The van der Waals surface area contributed by atoms with E-state index in [2.05, 4.69) is 10.1 Å². The molecule has 21 heavy (non-hydrogen) atoms. The Hall–Kier alpha value is -1.85. The molecule has 0 saturated carbocycles. The maximum Gasteiger partial charge on any atom is 0.332 e. The van der Waals surface area contributed by atoms with E-state index in [-0.39, 0.29) is 12.4 Å². The summed E-state index contributed by atoms with van der Waals surface area (Å²) in [4.78, 5) is 18.1. The molecule has 1 aromatic carbocycles. The van der Waals surface area contributed by atoms with E-state index >= 15 is 0 Å². The number of hydrogen-bond acceptors (Lipinski definition) is 4. The molecule has 1 aliphatic heterocycles. The predicted molar refractivity (Wildman–Crippen MR) is 84.0 cm³/mol. The van der Waals surface area contributed by atoms with Crippen molar-refractivity contribution in [2.75, 3.05) is 26.2 Å². The minimum atomic E-state index is -0.835. The number of nitrogens with zero attached hydrogens (tertiary/aromatic N) is 2. The number of carboxylic acid groups (broad SMARTS) is 1. The van der Waals surface area contributed by atoms with Crippen molar-refractivity contribution < 1.29 is 14.7 Å². The highest BCUT2D eigenvalue weighted by Gasteiger charge is 2.16. The first-order chi connectivity index (χ1) is 9.75. The Balaban J connectivity index is 0.00000220. The molecule has 0 spiro atoms. The molecular weight excluding hydrogens is 292 g/mol. The molecule has 1 heterocycles. The number of benzene rings is 1. The number of carbonyl (C=O) groups is 1. The van der Waals surface area contributed by atoms with Gasteiger partial charge in [-0.3, -0.25) is 4.90 Å². The molecular formula is C15H19ClN2O3. The molecule has 6 heteroatoms. The van der Waals surface area contributed by atoms with E-state index in [9.17, 15) is 4.79 Å². The van der Waals surface area contributed by atoms with Crippen molar-refractivity contribution in [2.45, 2.75) is 6.42 Å². The van der Waals surface area contributed by atoms with Crippen LogP contribution in [0.25, 0.3) is 0 Å². The predicted octanol–water partition coefficient (Wildman–Crippen LogP) is 2.18. The molecule has 1 aromatic rings. The molecule has 0 radical (unpaired) electrons. The average Bonchev–Trinajstić information content (AvgIpc) is 2.48. The lowest BCUT2D eigenvalue weighted by Crippen LogP contribution is -2.34. The largest absolute Gasteiger partial charge is 0.478 e. The highest BCUT2D eigenvalue weighted by molar-refractivity contribution is 5.87. The summed E-state index contributed by atoms with van der Waals surface area (Å²) >= 11 is 0. The van der Waals surface area contributed by atoms with Crippen LogP contribution >= 0.6 is 12.4 Å². The summed E-state index contributed by atoms with van der Waals surface area (Å²) < 4.78 is 0. The monoisotopic (exact) mass is 310 g/mol. The molecule has 0 amide bonds. The van der Waals surface area contributed by atoms with E-state index in [4.69, 9.17) is 9.94 Å². The summed E-state index contributed by atoms with van der Waals surface area (Å²) in [5, 5.41) is 12.8. The normalized spacial score (nSPS) is 15.3. The summed E-state index contributed by atoms with van der Waals surface area (Å²) in [6.07, 6.45) is 4.22. The molecule has 0 bridgehead atoms. The van der Waals surface area contributed by atoms with Gasteiger partial charge in [-0.15, -0.1) is 12.4 Å². The standard InChI is InChI=1S/C15H18N2O3.ClH/c18-15(19)14-7-4-8-17(12-14)9-10-20-16-11-13-5-2-1-3-6-13;/h1-3,5-7,11H,4,8-10,12H2,(H,18,19);1H/b16-11+;. The van der Waals surface area contributed by atoms with Gasteiger partial charge in [0.1, 0.15) is 6.61 Å². The Morgan fingerprint density at radius 2 is 2.14 bits per heavy atom. The molecule has 5 nitrogen and oxygen atoms in total. The van der Waals surface area contributed by atoms with E-state index in [1.54, 1.807) is 12.3 Å². The van der Waals surface area contributed by atoms with Crippen LogP contribution < -0.4 is 0 Å². The fourth-order valence-electron chi connectivity index (χ4n) is 2.01. The van der Waals surface area contributed by atoms with E-state index in [0.717, 1.165) is 18.5 Å². The fourth-order valence-corrected chi connectivity index (χ4v) is 2.01. The second kappa shape index (κ2) is 9.15. The summed E-state index contributed by atoms with van der Waals surface area (Å²) in [6, 6.07) is 9.72. The van der Waals surface area contributed by atoms with Crippen LogP contribution in [0, 0.1) is 0 Å². The number of halogens is 1. The van der Waals surface area contributed by atoms with Crippen molar-refractivity contribution in [3.8, 4) is 0 Å².